The van der Waals surface area contributed by atoms with Gasteiger partial charge < -0.3 is 10.5 Å². The number of alkyl halides is 6. The van der Waals surface area contributed by atoms with E-state index >= 15 is 0 Å². The summed E-state index contributed by atoms with van der Waals surface area (Å²) in [5, 5.41) is 0. The third kappa shape index (κ3) is 3.26. The zero-order valence-electron chi connectivity index (χ0n) is 10.8. The summed E-state index contributed by atoms with van der Waals surface area (Å²) in [7, 11) is 0. The molecule has 0 bridgehead atoms. The Labute approximate surface area is 121 Å². The van der Waals surface area contributed by atoms with Gasteiger partial charge in [0.25, 0.3) is 0 Å². The maximum atomic E-state index is 13.1. The van der Waals surface area contributed by atoms with Gasteiger partial charge in [-0.25, -0.2) is 0 Å². The van der Waals surface area contributed by atoms with E-state index in [1.54, 1.807) is 6.07 Å². The van der Waals surface area contributed by atoms with E-state index in [0.29, 0.717) is 12.1 Å². The monoisotopic (exact) mass is 321 g/mol. The molecular weight excluding hydrogens is 312 g/mol. The van der Waals surface area contributed by atoms with Crippen molar-refractivity contribution in [3.05, 3.63) is 53.6 Å². The molecule has 118 valence electrons. The lowest BCUT2D eigenvalue weighted by atomic mass is 10.1. The Kier molecular flexibility index (Phi) is 3.95. The molecule has 0 atom stereocenters. The van der Waals surface area contributed by atoms with Crippen molar-refractivity contribution in [2.45, 2.75) is 12.4 Å². The first-order valence-corrected chi connectivity index (χ1v) is 5.90. The van der Waals surface area contributed by atoms with Gasteiger partial charge in [0.05, 0.1) is 5.56 Å². The number of hydrogen-bond donors (Lipinski definition) is 1. The number of nitrogen functional groups attached to an aromatic ring is 1. The predicted molar refractivity (Wildman–Crippen MR) is 67.4 cm³/mol. The average molecular weight is 321 g/mol. The van der Waals surface area contributed by atoms with Crippen LogP contribution in [-0.4, -0.2) is 0 Å². The van der Waals surface area contributed by atoms with E-state index in [-0.39, 0.29) is 5.75 Å². The molecule has 2 N–H and O–H groups in total. The summed E-state index contributed by atoms with van der Waals surface area (Å²) in [4.78, 5) is 0. The van der Waals surface area contributed by atoms with Crippen molar-refractivity contribution in [2.75, 3.05) is 5.73 Å². The molecular formula is C14H9F6NO. The van der Waals surface area contributed by atoms with E-state index in [0.717, 1.165) is 0 Å². The van der Waals surface area contributed by atoms with Gasteiger partial charge in [-0.1, -0.05) is 18.2 Å². The Morgan fingerprint density at radius 3 is 1.86 bits per heavy atom. The molecule has 0 unspecified atom stereocenters. The molecule has 0 fully saturated rings. The fraction of sp³-hybridized carbons (Fsp3) is 0.143. The highest BCUT2D eigenvalue weighted by molar-refractivity contribution is 5.61. The Balaban J connectivity index is 2.68. The fourth-order valence-corrected chi connectivity index (χ4v) is 1.83. The Morgan fingerprint density at radius 1 is 0.773 bits per heavy atom. The summed E-state index contributed by atoms with van der Waals surface area (Å²) >= 11 is 0. The van der Waals surface area contributed by atoms with Gasteiger partial charge in [0.2, 0.25) is 0 Å². The van der Waals surface area contributed by atoms with Gasteiger partial charge in [-0.05, 0) is 24.3 Å². The number of rotatable bonds is 2. The molecule has 2 rings (SSSR count). The van der Waals surface area contributed by atoms with E-state index in [4.69, 9.17) is 10.5 Å². The maximum absolute atomic E-state index is 13.1. The van der Waals surface area contributed by atoms with Crippen LogP contribution >= 0.6 is 0 Å². The van der Waals surface area contributed by atoms with Crippen LogP contribution < -0.4 is 10.5 Å². The normalized spacial score (nSPS) is 12.3. The number of para-hydroxylation sites is 1. The molecule has 2 aromatic carbocycles. The van der Waals surface area contributed by atoms with Crippen molar-refractivity contribution in [1.82, 2.24) is 0 Å². The second-order valence-electron chi connectivity index (χ2n) is 4.32. The SMILES string of the molecule is Nc1ccc(C(F)(F)F)c(Oc2ccccc2)c1C(F)(F)F. The van der Waals surface area contributed by atoms with Crippen molar-refractivity contribution < 1.29 is 31.1 Å². The number of ether oxygens (including phenoxy) is 1. The van der Waals surface area contributed by atoms with Gasteiger partial charge in [0, 0.05) is 5.69 Å². The predicted octanol–water partition coefficient (Wildman–Crippen LogP) is 5.10. The van der Waals surface area contributed by atoms with E-state index < -0.39 is 34.9 Å². The standard InChI is InChI=1S/C14H9F6NO/c15-13(16,17)9-6-7-10(21)11(14(18,19)20)12(9)22-8-4-2-1-3-5-8/h1-7H,21H2. The molecule has 2 nitrogen and oxygen atoms in total. The van der Waals surface area contributed by atoms with E-state index in [9.17, 15) is 26.3 Å². The van der Waals surface area contributed by atoms with E-state index in [1.165, 1.54) is 24.3 Å². The smallest absolute Gasteiger partial charge is 0.421 e. The van der Waals surface area contributed by atoms with Crippen molar-refractivity contribution in [3.8, 4) is 11.5 Å². The average Bonchev–Trinajstić information content (AvgIpc) is 2.36. The van der Waals surface area contributed by atoms with Gasteiger partial charge in [0.15, 0.2) is 5.75 Å². The Morgan fingerprint density at radius 2 is 1.36 bits per heavy atom. The molecule has 0 aromatic heterocycles. The lowest BCUT2D eigenvalue weighted by Gasteiger charge is -2.20. The highest BCUT2D eigenvalue weighted by Crippen LogP contribution is 2.48. The number of hydrogen-bond acceptors (Lipinski definition) is 2. The van der Waals surface area contributed by atoms with Gasteiger partial charge in [0.1, 0.15) is 11.3 Å². The lowest BCUT2D eigenvalue weighted by molar-refractivity contribution is -0.144. The topological polar surface area (TPSA) is 35.2 Å². The lowest BCUT2D eigenvalue weighted by Crippen LogP contribution is -2.16. The Bertz CT molecular complexity index is 664. The van der Waals surface area contributed by atoms with Crippen LogP contribution in [0.25, 0.3) is 0 Å². The van der Waals surface area contributed by atoms with Crippen LogP contribution in [0.4, 0.5) is 32.0 Å². The van der Waals surface area contributed by atoms with Crippen molar-refractivity contribution in [1.29, 1.82) is 0 Å². The maximum Gasteiger partial charge on any atom is 0.421 e. The van der Waals surface area contributed by atoms with Gasteiger partial charge in [-0.3, -0.25) is 0 Å². The highest BCUT2D eigenvalue weighted by Gasteiger charge is 2.43. The zero-order valence-corrected chi connectivity index (χ0v) is 10.8. The molecule has 0 heterocycles. The molecule has 0 saturated heterocycles. The molecule has 0 spiro atoms. The first-order valence-electron chi connectivity index (χ1n) is 5.90. The van der Waals surface area contributed by atoms with Crippen LogP contribution in [0.3, 0.4) is 0 Å². The zero-order chi connectivity index (χ0) is 16.5. The second-order valence-corrected chi connectivity index (χ2v) is 4.32. The van der Waals surface area contributed by atoms with Gasteiger partial charge in [-0.2, -0.15) is 26.3 Å². The second kappa shape index (κ2) is 5.43. The molecule has 22 heavy (non-hydrogen) atoms. The van der Waals surface area contributed by atoms with Crippen molar-refractivity contribution in [2.24, 2.45) is 0 Å². The van der Waals surface area contributed by atoms with Crippen LogP contribution in [0.1, 0.15) is 11.1 Å². The molecule has 0 amide bonds. The minimum atomic E-state index is -5.09. The first kappa shape index (κ1) is 16.0. The van der Waals surface area contributed by atoms with E-state index in [1.807, 2.05) is 0 Å². The molecule has 0 aliphatic rings. The highest BCUT2D eigenvalue weighted by atomic mass is 19.4. The fourth-order valence-electron chi connectivity index (χ4n) is 1.83. The minimum absolute atomic E-state index is 0.163. The number of anilines is 1. The minimum Gasteiger partial charge on any atom is -0.456 e. The summed E-state index contributed by atoms with van der Waals surface area (Å²) in [6, 6.07) is 7.88. The summed E-state index contributed by atoms with van der Waals surface area (Å²) in [5.74, 6) is -1.52. The van der Waals surface area contributed by atoms with Crippen LogP contribution in [-0.2, 0) is 12.4 Å². The van der Waals surface area contributed by atoms with Crippen LogP contribution in [0, 0.1) is 0 Å². The van der Waals surface area contributed by atoms with E-state index in [2.05, 4.69) is 0 Å². The summed E-state index contributed by atoms with van der Waals surface area (Å²) < 4.78 is 82.9. The molecule has 0 radical (unpaired) electrons. The van der Waals surface area contributed by atoms with Crippen LogP contribution in [0.5, 0.6) is 11.5 Å². The summed E-state index contributed by atoms with van der Waals surface area (Å²) in [5.41, 5.74) is 1.17. The van der Waals surface area contributed by atoms with Crippen LogP contribution in [0.2, 0.25) is 0 Å². The van der Waals surface area contributed by atoms with Crippen molar-refractivity contribution in [3.63, 3.8) is 0 Å². The third-order valence-electron chi connectivity index (χ3n) is 2.74. The van der Waals surface area contributed by atoms with Gasteiger partial charge in [-0.15, -0.1) is 0 Å². The molecule has 2 aromatic rings. The Hall–Kier alpha value is -2.38. The largest absolute Gasteiger partial charge is 0.456 e. The number of halogens is 6. The third-order valence-corrected chi connectivity index (χ3v) is 2.74. The number of nitrogens with two attached hydrogens (primary N) is 1. The molecule has 8 heteroatoms. The first-order chi connectivity index (χ1) is 10.1. The van der Waals surface area contributed by atoms with Crippen LogP contribution in [0.15, 0.2) is 42.5 Å². The molecule has 0 aliphatic carbocycles. The number of benzene rings is 2. The van der Waals surface area contributed by atoms with Crippen molar-refractivity contribution >= 4 is 5.69 Å². The molecule has 0 aliphatic heterocycles. The van der Waals surface area contributed by atoms with Gasteiger partial charge >= 0.3 is 12.4 Å². The summed E-state index contributed by atoms with van der Waals surface area (Å²) in [6.45, 7) is 0. The molecule has 0 saturated carbocycles. The summed E-state index contributed by atoms with van der Waals surface area (Å²) in [6.07, 6.45) is -10.1. The quantitative estimate of drug-likeness (QED) is 0.617.